The largest absolute Gasteiger partial charge is 0.389 e. The minimum atomic E-state index is -0.947. The first-order valence-electron chi connectivity index (χ1n) is 5.05. The number of nitrogens with two attached hydrogens (primary N) is 1. The molecule has 18 heavy (non-hydrogen) atoms. The fourth-order valence-electron chi connectivity index (χ4n) is 1.35. The Morgan fingerprint density at radius 3 is 2.61 bits per heavy atom. The summed E-state index contributed by atoms with van der Waals surface area (Å²) in [5, 5.41) is 2.67. The van der Waals surface area contributed by atoms with Gasteiger partial charge in [0.2, 0.25) is 0 Å². The minimum Gasteiger partial charge on any atom is -0.389 e. The summed E-state index contributed by atoms with van der Waals surface area (Å²) in [6.07, 6.45) is 1.46. The highest BCUT2D eigenvalue weighted by molar-refractivity contribution is 7.80. The van der Waals surface area contributed by atoms with Gasteiger partial charge in [-0.05, 0) is 24.3 Å². The number of rotatable bonds is 3. The van der Waals surface area contributed by atoms with E-state index < -0.39 is 11.6 Å². The SMILES string of the molecule is NC(=S)c1ccc(Nc2cccc(F)c2F)nc1. The lowest BCUT2D eigenvalue weighted by Crippen LogP contribution is -2.09. The standard InChI is InChI=1S/C12H9F2N3S/c13-8-2-1-3-9(11(8)14)17-10-5-4-7(6-16-10)12(15)18/h1-6H,(H2,15,18)(H,16,17). The lowest BCUT2D eigenvalue weighted by atomic mass is 10.2. The van der Waals surface area contributed by atoms with Crippen molar-refractivity contribution in [1.82, 2.24) is 4.98 Å². The van der Waals surface area contributed by atoms with Gasteiger partial charge in [-0.1, -0.05) is 18.3 Å². The molecule has 0 atom stereocenters. The molecule has 1 aromatic heterocycles. The number of aromatic nitrogens is 1. The van der Waals surface area contributed by atoms with Crippen LogP contribution in [0.1, 0.15) is 5.56 Å². The van der Waals surface area contributed by atoms with Gasteiger partial charge >= 0.3 is 0 Å². The van der Waals surface area contributed by atoms with Crippen molar-refractivity contribution in [2.75, 3.05) is 5.32 Å². The Bertz CT molecular complexity index is 584. The molecule has 0 saturated carbocycles. The summed E-state index contributed by atoms with van der Waals surface area (Å²) >= 11 is 4.78. The summed E-state index contributed by atoms with van der Waals surface area (Å²) in [6, 6.07) is 7.10. The van der Waals surface area contributed by atoms with Crippen LogP contribution in [-0.4, -0.2) is 9.97 Å². The van der Waals surface area contributed by atoms with Gasteiger partial charge in [-0.3, -0.25) is 0 Å². The van der Waals surface area contributed by atoms with Crippen LogP contribution in [0.3, 0.4) is 0 Å². The Kier molecular flexibility index (Phi) is 3.47. The second-order valence-corrected chi connectivity index (χ2v) is 3.96. The molecular weight excluding hydrogens is 256 g/mol. The second-order valence-electron chi connectivity index (χ2n) is 3.52. The quantitative estimate of drug-likeness (QED) is 0.838. The highest BCUT2D eigenvalue weighted by atomic mass is 32.1. The molecule has 0 amide bonds. The molecule has 3 N–H and O–H groups in total. The van der Waals surface area contributed by atoms with E-state index in [1.165, 1.54) is 18.3 Å². The monoisotopic (exact) mass is 265 g/mol. The predicted octanol–water partition coefficient (Wildman–Crippen LogP) is 2.74. The molecule has 0 fully saturated rings. The molecule has 0 spiro atoms. The van der Waals surface area contributed by atoms with Crippen molar-refractivity contribution in [3.05, 3.63) is 53.7 Å². The van der Waals surface area contributed by atoms with E-state index >= 15 is 0 Å². The van der Waals surface area contributed by atoms with Crippen molar-refractivity contribution < 1.29 is 8.78 Å². The molecule has 0 aliphatic rings. The maximum Gasteiger partial charge on any atom is 0.182 e. The van der Waals surface area contributed by atoms with Crippen LogP contribution < -0.4 is 11.1 Å². The van der Waals surface area contributed by atoms with E-state index in [9.17, 15) is 8.78 Å². The van der Waals surface area contributed by atoms with E-state index in [1.807, 2.05) is 0 Å². The van der Waals surface area contributed by atoms with Gasteiger partial charge in [-0.15, -0.1) is 0 Å². The van der Waals surface area contributed by atoms with Crippen molar-refractivity contribution in [2.24, 2.45) is 5.73 Å². The lowest BCUT2D eigenvalue weighted by molar-refractivity contribution is 0.511. The third kappa shape index (κ3) is 2.60. The van der Waals surface area contributed by atoms with E-state index in [0.29, 0.717) is 11.4 Å². The zero-order chi connectivity index (χ0) is 13.1. The number of hydrogen-bond donors (Lipinski definition) is 2. The summed E-state index contributed by atoms with van der Waals surface area (Å²) in [6.45, 7) is 0. The van der Waals surface area contributed by atoms with Crippen LogP contribution in [0.4, 0.5) is 20.3 Å². The lowest BCUT2D eigenvalue weighted by Gasteiger charge is -2.07. The van der Waals surface area contributed by atoms with Crippen LogP contribution in [0.15, 0.2) is 36.5 Å². The number of hydrogen-bond acceptors (Lipinski definition) is 3. The molecule has 6 heteroatoms. The Labute approximate surface area is 108 Å². The summed E-state index contributed by atoms with van der Waals surface area (Å²) in [4.78, 5) is 4.23. The predicted molar refractivity (Wildman–Crippen MR) is 69.8 cm³/mol. The van der Waals surface area contributed by atoms with Crippen molar-refractivity contribution in [3.8, 4) is 0 Å². The first kappa shape index (κ1) is 12.4. The third-order valence-electron chi connectivity index (χ3n) is 2.26. The number of thiocarbonyl (C=S) groups is 1. The number of benzene rings is 1. The number of pyridine rings is 1. The van der Waals surface area contributed by atoms with Gasteiger partial charge in [0, 0.05) is 11.8 Å². The van der Waals surface area contributed by atoms with E-state index in [2.05, 4.69) is 10.3 Å². The highest BCUT2D eigenvalue weighted by Gasteiger charge is 2.08. The summed E-state index contributed by atoms with van der Waals surface area (Å²) in [5.41, 5.74) is 6.05. The topological polar surface area (TPSA) is 50.9 Å². The van der Waals surface area contributed by atoms with Crippen LogP contribution in [0.25, 0.3) is 0 Å². The Hall–Kier alpha value is -2.08. The van der Waals surface area contributed by atoms with Gasteiger partial charge in [0.05, 0.1) is 5.69 Å². The molecule has 0 radical (unpaired) electrons. The van der Waals surface area contributed by atoms with E-state index in [1.54, 1.807) is 12.1 Å². The third-order valence-corrected chi connectivity index (χ3v) is 2.50. The highest BCUT2D eigenvalue weighted by Crippen LogP contribution is 2.20. The Morgan fingerprint density at radius 2 is 2.00 bits per heavy atom. The van der Waals surface area contributed by atoms with E-state index in [-0.39, 0.29) is 10.7 Å². The number of halogens is 2. The van der Waals surface area contributed by atoms with Crippen molar-refractivity contribution >= 4 is 28.7 Å². The molecule has 0 aliphatic heterocycles. The fraction of sp³-hybridized carbons (Fsp3) is 0. The Morgan fingerprint density at radius 1 is 1.22 bits per heavy atom. The normalized spacial score (nSPS) is 10.1. The molecule has 0 unspecified atom stereocenters. The number of nitrogens with zero attached hydrogens (tertiary/aromatic N) is 1. The first-order valence-corrected chi connectivity index (χ1v) is 5.45. The Balaban J connectivity index is 2.24. The van der Waals surface area contributed by atoms with Crippen LogP contribution in [0, 0.1) is 11.6 Å². The van der Waals surface area contributed by atoms with Crippen molar-refractivity contribution in [3.63, 3.8) is 0 Å². The van der Waals surface area contributed by atoms with Crippen LogP contribution in [-0.2, 0) is 0 Å². The minimum absolute atomic E-state index is 0.0191. The molecule has 0 saturated heterocycles. The molecule has 0 aliphatic carbocycles. The van der Waals surface area contributed by atoms with Gasteiger partial charge in [0.1, 0.15) is 10.8 Å². The summed E-state index contributed by atoms with van der Waals surface area (Å²) < 4.78 is 26.4. The first-order chi connectivity index (χ1) is 8.58. The number of nitrogens with one attached hydrogen (secondary N) is 1. The number of anilines is 2. The molecule has 2 aromatic rings. The van der Waals surface area contributed by atoms with Crippen LogP contribution >= 0.6 is 12.2 Å². The maximum absolute atomic E-state index is 13.4. The van der Waals surface area contributed by atoms with E-state index in [0.717, 1.165) is 6.07 Å². The second kappa shape index (κ2) is 5.05. The summed E-state index contributed by atoms with van der Waals surface area (Å²) in [7, 11) is 0. The smallest absolute Gasteiger partial charge is 0.182 e. The average molecular weight is 265 g/mol. The molecular formula is C12H9F2N3S. The molecule has 3 nitrogen and oxygen atoms in total. The molecule has 92 valence electrons. The molecule has 1 heterocycles. The van der Waals surface area contributed by atoms with Gasteiger partial charge in [0.25, 0.3) is 0 Å². The van der Waals surface area contributed by atoms with Crippen LogP contribution in [0.5, 0.6) is 0 Å². The molecule has 2 rings (SSSR count). The van der Waals surface area contributed by atoms with Gasteiger partial charge < -0.3 is 11.1 Å². The van der Waals surface area contributed by atoms with Crippen molar-refractivity contribution in [1.29, 1.82) is 0 Å². The van der Waals surface area contributed by atoms with E-state index in [4.69, 9.17) is 18.0 Å². The van der Waals surface area contributed by atoms with Crippen LogP contribution in [0.2, 0.25) is 0 Å². The molecule has 0 bridgehead atoms. The van der Waals surface area contributed by atoms with Gasteiger partial charge in [-0.25, -0.2) is 13.8 Å². The summed E-state index contributed by atoms with van der Waals surface area (Å²) in [5.74, 6) is -1.49. The zero-order valence-corrected chi connectivity index (χ0v) is 9.97. The maximum atomic E-state index is 13.4. The molecule has 1 aromatic carbocycles. The van der Waals surface area contributed by atoms with Crippen molar-refractivity contribution in [2.45, 2.75) is 0 Å². The zero-order valence-electron chi connectivity index (χ0n) is 9.15. The van der Waals surface area contributed by atoms with Gasteiger partial charge in [0.15, 0.2) is 11.6 Å². The van der Waals surface area contributed by atoms with Gasteiger partial charge in [-0.2, -0.15) is 0 Å². The average Bonchev–Trinajstić information content (AvgIpc) is 2.36. The fourth-order valence-corrected chi connectivity index (χ4v) is 1.47.